The number of para-hydroxylation sites is 1. The van der Waals surface area contributed by atoms with E-state index in [9.17, 15) is 12.8 Å². The predicted octanol–water partition coefficient (Wildman–Crippen LogP) is 2.92. The molecule has 5 rings (SSSR count). The molecular weight excluding hydrogens is 457 g/mol. The Kier molecular flexibility index (Phi) is 5.95. The largest absolute Gasteiger partial charge is 0.368 e. The summed E-state index contributed by atoms with van der Waals surface area (Å²) in [5.74, 6) is 0.697. The minimum atomic E-state index is -3.75. The summed E-state index contributed by atoms with van der Waals surface area (Å²) in [4.78, 5) is 3.28. The van der Waals surface area contributed by atoms with E-state index in [4.69, 9.17) is 0 Å². The first-order chi connectivity index (χ1) is 16.5. The molecule has 0 spiro atoms. The van der Waals surface area contributed by atoms with Crippen molar-refractivity contribution >= 4 is 32.4 Å². The van der Waals surface area contributed by atoms with E-state index in [1.165, 1.54) is 23.1 Å². The summed E-state index contributed by atoms with van der Waals surface area (Å²) in [7, 11) is -3.75. The molecule has 0 aliphatic heterocycles. The summed E-state index contributed by atoms with van der Waals surface area (Å²) in [5.41, 5.74) is 2.91. The molecule has 0 aliphatic carbocycles. The van der Waals surface area contributed by atoms with Crippen LogP contribution in [0.4, 0.5) is 10.2 Å². The van der Waals surface area contributed by atoms with Crippen molar-refractivity contribution in [3.8, 4) is 0 Å². The SMILES string of the molecule is O=S(=O)(NCCc1nnc2ccc(NCCc3c[nH]c4ccccc34)nn12)c1ccc(F)cc1. The third kappa shape index (κ3) is 4.61. The Labute approximate surface area is 195 Å². The first kappa shape index (κ1) is 22.0. The Balaban J connectivity index is 1.22. The van der Waals surface area contributed by atoms with Crippen LogP contribution >= 0.6 is 0 Å². The Morgan fingerprint density at radius 1 is 0.941 bits per heavy atom. The quantitative estimate of drug-likeness (QED) is 0.299. The van der Waals surface area contributed by atoms with E-state index in [1.54, 1.807) is 10.6 Å². The third-order valence-corrected chi connectivity index (χ3v) is 6.94. The number of H-pyrrole nitrogens is 1. The first-order valence-corrected chi connectivity index (χ1v) is 12.2. The standard InChI is InChI=1S/C23H22FN7O2S/c24-17-5-7-18(8-6-17)34(32,33)27-14-12-23-29-28-22-10-9-21(30-31(22)23)25-13-11-16-15-26-20-4-2-1-3-19(16)20/h1-10,15,26-27H,11-14H2,(H,25,30). The molecule has 0 bridgehead atoms. The Hall–Kier alpha value is -3.83. The lowest BCUT2D eigenvalue weighted by Crippen LogP contribution is -2.26. The van der Waals surface area contributed by atoms with Crippen molar-refractivity contribution in [1.29, 1.82) is 0 Å². The average molecular weight is 480 g/mol. The van der Waals surface area contributed by atoms with Gasteiger partial charge in [0.05, 0.1) is 4.90 Å². The molecule has 3 N–H and O–H groups in total. The zero-order chi connectivity index (χ0) is 23.5. The van der Waals surface area contributed by atoms with E-state index in [0.717, 1.165) is 24.1 Å². The molecule has 3 heterocycles. The summed E-state index contributed by atoms with van der Waals surface area (Å²) in [6.07, 6.45) is 3.13. The Morgan fingerprint density at radius 2 is 1.76 bits per heavy atom. The monoisotopic (exact) mass is 479 g/mol. The zero-order valence-corrected chi connectivity index (χ0v) is 18.9. The van der Waals surface area contributed by atoms with E-state index in [-0.39, 0.29) is 17.9 Å². The molecule has 0 saturated heterocycles. The first-order valence-electron chi connectivity index (χ1n) is 10.7. The van der Waals surface area contributed by atoms with Gasteiger partial charge in [0.15, 0.2) is 11.5 Å². The molecule has 0 fully saturated rings. The summed E-state index contributed by atoms with van der Waals surface area (Å²) in [6, 6.07) is 16.5. The van der Waals surface area contributed by atoms with Crippen LogP contribution in [0.25, 0.3) is 16.6 Å². The highest BCUT2D eigenvalue weighted by Gasteiger charge is 2.15. The second-order valence-electron chi connectivity index (χ2n) is 7.74. The second-order valence-corrected chi connectivity index (χ2v) is 9.51. The van der Waals surface area contributed by atoms with Crippen molar-refractivity contribution in [3.63, 3.8) is 0 Å². The fourth-order valence-electron chi connectivity index (χ4n) is 3.74. The molecular formula is C23H22FN7O2S. The van der Waals surface area contributed by atoms with Crippen LogP contribution in [0, 0.1) is 5.82 Å². The fraction of sp³-hybridized carbons (Fsp3) is 0.174. The number of anilines is 1. The number of aromatic nitrogens is 5. The van der Waals surface area contributed by atoms with E-state index >= 15 is 0 Å². The third-order valence-electron chi connectivity index (χ3n) is 5.47. The average Bonchev–Trinajstić information content (AvgIpc) is 3.43. The molecule has 9 nitrogen and oxygen atoms in total. The van der Waals surface area contributed by atoms with Crippen molar-refractivity contribution in [1.82, 2.24) is 29.5 Å². The van der Waals surface area contributed by atoms with Gasteiger partial charge in [-0.05, 0) is 54.4 Å². The van der Waals surface area contributed by atoms with Gasteiger partial charge < -0.3 is 10.3 Å². The van der Waals surface area contributed by atoms with Gasteiger partial charge in [-0.3, -0.25) is 0 Å². The van der Waals surface area contributed by atoms with Gasteiger partial charge in [-0.25, -0.2) is 17.5 Å². The number of nitrogens with zero attached hydrogens (tertiary/aromatic N) is 4. The van der Waals surface area contributed by atoms with Gasteiger partial charge in [0.1, 0.15) is 11.6 Å². The molecule has 0 saturated carbocycles. The molecule has 11 heteroatoms. The van der Waals surface area contributed by atoms with Gasteiger partial charge in [0, 0.05) is 36.6 Å². The summed E-state index contributed by atoms with van der Waals surface area (Å²) in [5, 5.41) is 17.3. The van der Waals surface area contributed by atoms with Crippen LogP contribution in [0.3, 0.4) is 0 Å². The topological polar surface area (TPSA) is 117 Å². The lowest BCUT2D eigenvalue weighted by Gasteiger charge is -2.07. The predicted molar refractivity (Wildman–Crippen MR) is 127 cm³/mol. The maximum atomic E-state index is 13.1. The van der Waals surface area contributed by atoms with Gasteiger partial charge in [-0.2, -0.15) is 4.52 Å². The number of hydrogen-bond donors (Lipinski definition) is 3. The lowest BCUT2D eigenvalue weighted by atomic mass is 10.1. The maximum absolute atomic E-state index is 13.1. The summed E-state index contributed by atoms with van der Waals surface area (Å²) in [6.45, 7) is 0.787. The van der Waals surface area contributed by atoms with Gasteiger partial charge in [0.2, 0.25) is 10.0 Å². The Bertz CT molecular complexity index is 1540. The number of rotatable bonds is 9. The molecule has 34 heavy (non-hydrogen) atoms. The second kappa shape index (κ2) is 9.20. The van der Waals surface area contributed by atoms with Crippen molar-refractivity contribution in [2.45, 2.75) is 17.7 Å². The molecule has 2 aromatic carbocycles. The van der Waals surface area contributed by atoms with Crippen LogP contribution in [-0.2, 0) is 22.9 Å². The van der Waals surface area contributed by atoms with Gasteiger partial charge in [-0.1, -0.05) is 18.2 Å². The van der Waals surface area contributed by atoms with Crippen molar-refractivity contribution in [2.75, 3.05) is 18.4 Å². The highest BCUT2D eigenvalue weighted by Crippen LogP contribution is 2.18. The summed E-state index contributed by atoms with van der Waals surface area (Å²) < 4.78 is 41.9. The number of aromatic amines is 1. The molecule has 0 radical (unpaired) electrons. The van der Waals surface area contributed by atoms with Crippen LogP contribution in [0.5, 0.6) is 0 Å². The van der Waals surface area contributed by atoms with Crippen LogP contribution in [0.2, 0.25) is 0 Å². The molecule has 0 unspecified atom stereocenters. The smallest absolute Gasteiger partial charge is 0.240 e. The van der Waals surface area contributed by atoms with E-state index in [1.807, 2.05) is 24.4 Å². The minimum absolute atomic E-state index is 0.000173. The number of benzene rings is 2. The normalized spacial score (nSPS) is 11.9. The van der Waals surface area contributed by atoms with Crippen molar-refractivity contribution in [2.24, 2.45) is 0 Å². The van der Waals surface area contributed by atoms with Crippen LogP contribution in [0.1, 0.15) is 11.4 Å². The number of halogens is 1. The fourth-order valence-corrected chi connectivity index (χ4v) is 4.77. The highest BCUT2D eigenvalue weighted by molar-refractivity contribution is 7.89. The van der Waals surface area contributed by atoms with Crippen LogP contribution < -0.4 is 10.0 Å². The van der Waals surface area contributed by atoms with E-state index in [0.29, 0.717) is 23.8 Å². The van der Waals surface area contributed by atoms with Crippen molar-refractivity contribution < 1.29 is 12.8 Å². The number of hydrogen-bond acceptors (Lipinski definition) is 6. The van der Waals surface area contributed by atoms with Crippen LogP contribution in [-0.4, -0.2) is 46.3 Å². The summed E-state index contributed by atoms with van der Waals surface area (Å²) >= 11 is 0. The Morgan fingerprint density at radius 3 is 2.62 bits per heavy atom. The molecule has 0 atom stereocenters. The van der Waals surface area contributed by atoms with Gasteiger partial charge in [-0.15, -0.1) is 15.3 Å². The van der Waals surface area contributed by atoms with E-state index < -0.39 is 15.8 Å². The zero-order valence-electron chi connectivity index (χ0n) is 18.1. The number of fused-ring (bicyclic) bond motifs is 2. The number of sulfonamides is 1. The molecule has 5 aromatic rings. The molecule has 174 valence electrons. The van der Waals surface area contributed by atoms with Crippen LogP contribution in [0.15, 0.2) is 71.8 Å². The molecule has 3 aromatic heterocycles. The van der Waals surface area contributed by atoms with Gasteiger partial charge >= 0.3 is 0 Å². The minimum Gasteiger partial charge on any atom is -0.368 e. The molecule has 0 amide bonds. The van der Waals surface area contributed by atoms with Gasteiger partial charge in [0.25, 0.3) is 0 Å². The van der Waals surface area contributed by atoms with E-state index in [2.05, 4.69) is 42.5 Å². The van der Waals surface area contributed by atoms with Crippen molar-refractivity contribution in [3.05, 3.63) is 84.1 Å². The highest BCUT2D eigenvalue weighted by atomic mass is 32.2. The number of nitrogens with one attached hydrogen (secondary N) is 3. The molecule has 0 aliphatic rings. The lowest BCUT2D eigenvalue weighted by molar-refractivity contribution is 0.579. The maximum Gasteiger partial charge on any atom is 0.240 e.